The Morgan fingerprint density at radius 3 is 2.65 bits per heavy atom. The lowest BCUT2D eigenvalue weighted by Crippen LogP contribution is -2.14. The van der Waals surface area contributed by atoms with Crippen LogP contribution in [0.25, 0.3) is 0 Å². The number of hydrogen-bond donors (Lipinski definition) is 2. The zero-order valence-electron chi connectivity index (χ0n) is 13.9. The first-order valence-corrected chi connectivity index (χ1v) is 8.14. The summed E-state index contributed by atoms with van der Waals surface area (Å²) in [5.74, 6) is 0.562. The number of carbonyl (C=O) groups excluding carboxylic acids is 1. The first-order chi connectivity index (χ1) is 12.7. The van der Waals surface area contributed by atoms with Crippen LogP contribution >= 0.6 is 11.6 Å². The van der Waals surface area contributed by atoms with Crippen molar-refractivity contribution in [1.82, 2.24) is 15.0 Å². The number of amides is 1. The Labute approximate surface area is 155 Å². The van der Waals surface area contributed by atoms with Gasteiger partial charge in [-0.2, -0.15) is 0 Å². The first kappa shape index (κ1) is 17.6. The van der Waals surface area contributed by atoms with Crippen LogP contribution in [-0.2, 0) is 6.54 Å². The van der Waals surface area contributed by atoms with Crippen molar-refractivity contribution in [2.75, 3.05) is 17.7 Å². The van der Waals surface area contributed by atoms with Gasteiger partial charge in [-0.15, -0.1) is 0 Å². The van der Waals surface area contributed by atoms with Gasteiger partial charge < -0.3 is 15.4 Å². The SMILES string of the molecule is COc1ccc(Cl)cc1NC(=O)c1cnc(NCc2ccccn2)nc1. The molecule has 0 fully saturated rings. The van der Waals surface area contributed by atoms with Crippen LogP contribution in [0.5, 0.6) is 5.75 Å². The molecule has 2 heterocycles. The van der Waals surface area contributed by atoms with Gasteiger partial charge in [-0.3, -0.25) is 9.78 Å². The van der Waals surface area contributed by atoms with Crippen LogP contribution in [0.4, 0.5) is 11.6 Å². The third-order valence-corrected chi connectivity index (χ3v) is 3.71. The maximum atomic E-state index is 12.4. The molecule has 0 aliphatic rings. The Kier molecular flexibility index (Phi) is 5.60. The van der Waals surface area contributed by atoms with Gasteiger partial charge in [0.25, 0.3) is 5.91 Å². The van der Waals surface area contributed by atoms with Gasteiger partial charge in [0.2, 0.25) is 5.95 Å². The first-order valence-electron chi connectivity index (χ1n) is 7.76. The lowest BCUT2D eigenvalue weighted by atomic mass is 10.2. The number of rotatable bonds is 6. The third kappa shape index (κ3) is 4.46. The van der Waals surface area contributed by atoms with Crippen LogP contribution in [0.15, 0.2) is 55.0 Å². The van der Waals surface area contributed by atoms with E-state index in [1.165, 1.54) is 19.5 Å². The van der Waals surface area contributed by atoms with E-state index >= 15 is 0 Å². The molecule has 0 spiro atoms. The van der Waals surface area contributed by atoms with E-state index in [0.29, 0.717) is 34.5 Å². The van der Waals surface area contributed by atoms with Crippen molar-refractivity contribution in [3.05, 3.63) is 71.3 Å². The minimum atomic E-state index is -0.359. The van der Waals surface area contributed by atoms with Gasteiger partial charge in [0.15, 0.2) is 0 Å². The van der Waals surface area contributed by atoms with E-state index in [2.05, 4.69) is 25.6 Å². The number of halogens is 1. The second-order valence-electron chi connectivity index (χ2n) is 5.27. The van der Waals surface area contributed by atoms with E-state index in [4.69, 9.17) is 16.3 Å². The van der Waals surface area contributed by atoms with Crippen LogP contribution in [0.2, 0.25) is 5.02 Å². The van der Waals surface area contributed by atoms with Crippen LogP contribution in [-0.4, -0.2) is 28.0 Å². The van der Waals surface area contributed by atoms with E-state index in [1.807, 2.05) is 18.2 Å². The molecule has 26 heavy (non-hydrogen) atoms. The number of aromatic nitrogens is 3. The van der Waals surface area contributed by atoms with Crippen molar-refractivity contribution in [1.29, 1.82) is 0 Å². The number of hydrogen-bond acceptors (Lipinski definition) is 6. The van der Waals surface area contributed by atoms with Crippen LogP contribution in [0.1, 0.15) is 16.1 Å². The number of pyridine rings is 1. The molecule has 8 heteroatoms. The number of nitrogens with one attached hydrogen (secondary N) is 2. The number of anilines is 2. The van der Waals surface area contributed by atoms with Crippen molar-refractivity contribution >= 4 is 29.1 Å². The standard InChI is InChI=1S/C18H16ClN5O2/c1-26-16-6-5-13(19)8-15(16)24-17(25)12-9-21-18(22-10-12)23-11-14-4-2-3-7-20-14/h2-10H,11H2,1H3,(H,24,25)(H,21,22,23). The average Bonchev–Trinajstić information content (AvgIpc) is 2.68. The van der Waals surface area contributed by atoms with Crippen molar-refractivity contribution in [3.8, 4) is 5.75 Å². The summed E-state index contributed by atoms with van der Waals surface area (Å²) >= 11 is 5.96. The maximum Gasteiger partial charge on any atom is 0.258 e. The fourth-order valence-electron chi connectivity index (χ4n) is 2.18. The lowest BCUT2D eigenvalue weighted by molar-refractivity contribution is 0.102. The third-order valence-electron chi connectivity index (χ3n) is 3.48. The van der Waals surface area contributed by atoms with Crippen molar-refractivity contribution in [2.24, 2.45) is 0 Å². The van der Waals surface area contributed by atoms with E-state index in [-0.39, 0.29) is 5.91 Å². The van der Waals surface area contributed by atoms with Crippen LogP contribution in [0.3, 0.4) is 0 Å². The molecule has 0 aliphatic heterocycles. The van der Waals surface area contributed by atoms with Crippen molar-refractivity contribution in [3.63, 3.8) is 0 Å². The molecular formula is C18H16ClN5O2. The minimum absolute atomic E-state index is 0.315. The fourth-order valence-corrected chi connectivity index (χ4v) is 2.35. The fraction of sp³-hybridized carbons (Fsp3) is 0.111. The molecule has 7 nitrogen and oxygen atoms in total. The smallest absolute Gasteiger partial charge is 0.258 e. The van der Waals surface area contributed by atoms with Gasteiger partial charge in [-0.1, -0.05) is 17.7 Å². The van der Waals surface area contributed by atoms with E-state index in [9.17, 15) is 4.79 Å². The molecule has 1 amide bonds. The molecule has 2 aromatic heterocycles. The minimum Gasteiger partial charge on any atom is -0.495 e. The highest BCUT2D eigenvalue weighted by atomic mass is 35.5. The molecule has 0 bridgehead atoms. The molecule has 1 aromatic carbocycles. The number of nitrogens with zero attached hydrogens (tertiary/aromatic N) is 3. The highest BCUT2D eigenvalue weighted by molar-refractivity contribution is 6.31. The summed E-state index contributed by atoms with van der Waals surface area (Å²) in [6.45, 7) is 0.492. The molecule has 2 N–H and O–H groups in total. The second-order valence-corrected chi connectivity index (χ2v) is 5.71. The highest BCUT2D eigenvalue weighted by Crippen LogP contribution is 2.28. The Bertz CT molecular complexity index is 888. The zero-order valence-corrected chi connectivity index (χ0v) is 14.7. The van der Waals surface area contributed by atoms with Gasteiger partial charge in [0.1, 0.15) is 5.75 Å². The molecule has 3 rings (SSSR count). The Morgan fingerprint density at radius 2 is 1.96 bits per heavy atom. The summed E-state index contributed by atoms with van der Waals surface area (Å²) in [6.07, 6.45) is 4.61. The highest BCUT2D eigenvalue weighted by Gasteiger charge is 2.11. The molecule has 0 radical (unpaired) electrons. The molecule has 0 saturated heterocycles. The normalized spacial score (nSPS) is 10.2. The summed E-state index contributed by atoms with van der Waals surface area (Å²) in [5.41, 5.74) is 1.66. The van der Waals surface area contributed by atoms with Crippen molar-refractivity contribution < 1.29 is 9.53 Å². The number of methoxy groups -OCH3 is 1. The Morgan fingerprint density at radius 1 is 1.15 bits per heavy atom. The van der Waals surface area contributed by atoms with Crippen LogP contribution in [0, 0.1) is 0 Å². The van der Waals surface area contributed by atoms with Crippen molar-refractivity contribution in [2.45, 2.75) is 6.54 Å². The number of carbonyl (C=O) groups is 1. The van der Waals surface area contributed by atoms with Gasteiger partial charge in [-0.25, -0.2) is 9.97 Å². The summed E-state index contributed by atoms with van der Waals surface area (Å²) in [7, 11) is 1.52. The molecule has 3 aromatic rings. The average molecular weight is 370 g/mol. The molecular weight excluding hydrogens is 354 g/mol. The monoisotopic (exact) mass is 369 g/mol. The topological polar surface area (TPSA) is 89.0 Å². The lowest BCUT2D eigenvalue weighted by Gasteiger charge is -2.10. The van der Waals surface area contributed by atoms with Gasteiger partial charge >= 0.3 is 0 Å². The van der Waals surface area contributed by atoms with Gasteiger partial charge in [0.05, 0.1) is 30.6 Å². The summed E-state index contributed by atoms with van der Waals surface area (Å²) in [4.78, 5) is 24.9. The number of benzene rings is 1. The molecule has 132 valence electrons. The van der Waals surface area contributed by atoms with Gasteiger partial charge in [0, 0.05) is 23.6 Å². The predicted molar refractivity (Wildman–Crippen MR) is 99.6 cm³/mol. The maximum absolute atomic E-state index is 12.4. The zero-order chi connectivity index (χ0) is 18.4. The largest absolute Gasteiger partial charge is 0.495 e. The Hall–Kier alpha value is -3.19. The van der Waals surface area contributed by atoms with E-state index in [1.54, 1.807) is 24.4 Å². The second kappa shape index (κ2) is 8.26. The summed E-state index contributed by atoms with van der Waals surface area (Å²) in [6, 6.07) is 10.6. The van der Waals surface area contributed by atoms with Gasteiger partial charge in [-0.05, 0) is 30.3 Å². The predicted octanol–water partition coefficient (Wildman–Crippen LogP) is 3.40. The van der Waals surface area contributed by atoms with E-state index in [0.717, 1.165) is 5.69 Å². The Balaban J connectivity index is 1.64. The molecule has 0 aliphatic carbocycles. The molecule has 0 atom stereocenters. The van der Waals surface area contributed by atoms with Crippen LogP contribution < -0.4 is 15.4 Å². The quantitative estimate of drug-likeness (QED) is 0.692. The molecule has 0 unspecified atom stereocenters. The molecule has 0 saturated carbocycles. The summed E-state index contributed by atoms with van der Waals surface area (Å²) in [5, 5.41) is 6.28. The summed E-state index contributed by atoms with van der Waals surface area (Å²) < 4.78 is 5.21. The van der Waals surface area contributed by atoms with E-state index < -0.39 is 0 Å². The number of ether oxygens (including phenoxy) is 1.